The van der Waals surface area contributed by atoms with E-state index in [0.29, 0.717) is 43.7 Å². The van der Waals surface area contributed by atoms with Crippen LogP contribution in [-0.2, 0) is 14.8 Å². The Labute approximate surface area is 216 Å². The molecular weight excluding hydrogens is 526 g/mol. The Hall–Kier alpha value is -2.26. The molecule has 0 unspecified atom stereocenters. The summed E-state index contributed by atoms with van der Waals surface area (Å²) in [5.74, 6) is 0.247. The molecule has 1 spiro atoms. The number of piperidine rings is 1. The summed E-state index contributed by atoms with van der Waals surface area (Å²) in [6, 6.07) is 1.64. The van der Waals surface area contributed by atoms with Gasteiger partial charge in [-0.15, -0.1) is 10.2 Å². The standard InChI is InChI=1S/C23H28F2N6O4S2/c1-13-17(32)23(12-35-13)5-7-30(8-6-23)15-9-14(37(33,34)29-22(2)3-4-22)11-31-16(15)10-26-19(31)21-28-27-20(36-21)18(24)25/h9-11,13,17-18,29,32H,3-8,12H2,1-2H3/t13-,17-/m0/s1. The van der Waals surface area contributed by atoms with Gasteiger partial charge in [0.15, 0.2) is 15.8 Å². The molecule has 5 heterocycles. The Bertz CT molecular complexity index is 1450. The molecule has 3 fully saturated rings. The first-order valence-electron chi connectivity index (χ1n) is 12.2. The monoisotopic (exact) mass is 554 g/mol. The number of aliphatic hydroxyl groups is 1. The first-order chi connectivity index (χ1) is 17.5. The molecule has 0 aromatic carbocycles. The third kappa shape index (κ3) is 4.32. The molecule has 3 aliphatic rings. The van der Waals surface area contributed by atoms with Crippen LogP contribution in [0.4, 0.5) is 14.5 Å². The van der Waals surface area contributed by atoms with Gasteiger partial charge in [0.1, 0.15) is 4.90 Å². The maximum atomic E-state index is 13.4. The lowest BCUT2D eigenvalue weighted by Crippen LogP contribution is -2.47. The number of alkyl halides is 2. The first kappa shape index (κ1) is 25.0. The van der Waals surface area contributed by atoms with Gasteiger partial charge in [-0.2, -0.15) is 0 Å². The molecule has 2 N–H and O–H groups in total. The molecule has 6 rings (SSSR count). The van der Waals surface area contributed by atoms with E-state index in [-0.39, 0.29) is 27.2 Å². The average molecular weight is 555 g/mol. The van der Waals surface area contributed by atoms with E-state index in [0.717, 1.165) is 24.2 Å². The van der Waals surface area contributed by atoms with Gasteiger partial charge < -0.3 is 14.7 Å². The van der Waals surface area contributed by atoms with Crippen molar-refractivity contribution in [2.75, 3.05) is 24.6 Å². The second-order valence-electron chi connectivity index (χ2n) is 10.6. The van der Waals surface area contributed by atoms with Crippen LogP contribution >= 0.6 is 11.3 Å². The highest BCUT2D eigenvalue weighted by Crippen LogP contribution is 2.44. The smallest absolute Gasteiger partial charge is 0.291 e. The van der Waals surface area contributed by atoms with Crippen molar-refractivity contribution in [3.63, 3.8) is 0 Å². The summed E-state index contributed by atoms with van der Waals surface area (Å²) in [5.41, 5.74) is 0.511. The van der Waals surface area contributed by atoms with E-state index in [1.165, 1.54) is 6.20 Å². The van der Waals surface area contributed by atoms with E-state index in [2.05, 4.69) is 24.8 Å². The molecule has 37 heavy (non-hydrogen) atoms. The lowest BCUT2D eigenvalue weighted by atomic mass is 9.74. The van der Waals surface area contributed by atoms with E-state index < -0.39 is 33.1 Å². The Kier molecular flexibility index (Phi) is 5.84. The van der Waals surface area contributed by atoms with Crippen molar-refractivity contribution in [1.82, 2.24) is 24.3 Å². The fourth-order valence-corrected chi connectivity index (χ4v) is 7.48. The Morgan fingerprint density at radius 1 is 1.24 bits per heavy atom. The molecule has 3 aromatic heterocycles. The molecule has 0 bridgehead atoms. The van der Waals surface area contributed by atoms with Gasteiger partial charge >= 0.3 is 0 Å². The van der Waals surface area contributed by atoms with Crippen molar-refractivity contribution in [3.05, 3.63) is 23.5 Å². The summed E-state index contributed by atoms with van der Waals surface area (Å²) in [4.78, 5) is 6.56. The van der Waals surface area contributed by atoms with Crippen molar-refractivity contribution in [2.24, 2.45) is 5.41 Å². The highest BCUT2D eigenvalue weighted by molar-refractivity contribution is 7.89. The first-order valence-corrected chi connectivity index (χ1v) is 14.5. The number of aliphatic hydroxyl groups excluding tert-OH is 1. The molecule has 0 radical (unpaired) electrons. The summed E-state index contributed by atoms with van der Waals surface area (Å²) < 4.78 is 63.2. The number of fused-ring (bicyclic) bond motifs is 1. The number of ether oxygens (including phenoxy) is 1. The van der Waals surface area contributed by atoms with Crippen molar-refractivity contribution in [3.8, 4) is 10.8 Å². The number of rotatable bonds is 6. The number of hydrogen-bond acceptors (Lipinski definition) is 9. The summed E-state index contributed by atoms with van der Waals surface area (Å²) in [7, 11) is -3.87. The van der Waals surface area contributed by atoms with E-state index in [1.54, 1.807) is 16.7 Å². The number of pyridine rings is 1. The summed E-state index contributed by atoms with van der Waals surface area (Å²) in [5, 5.41) is 17.9. The van der Waals surface area contributed by atoms with Crippen molar-refractivity contribution < 1.29 is 27.0 Å². The fraction of sp³-hybridized carbons (Fsp3) is 0.609. The molecule has 0 amide bonds. The topological polar surface area (TPSA) is 122 Å². The van der Waals surface area contributed by atoms with Gasteiger partial charge in [0.25, 0.3) is 6.43 Å². The highest BCUT2D eigenvalue weighted by Gasteiger charge is 2.49. The van der Waals surface area contributed by atoms with Crippen LogP contribution in [0, 0.1) is 5.41 Å². The number of anilines is 1. The number of imidazole rings is 1. The molecule has 2 aliphatic heterocycles. The molecule has 3 aromatic rings. The second kappa shape index (κ2) is 8.63. The zero-order chi connectivity index (χ0) is 26.2. The molecule has 2 saturated heterocycles. The predicted octanol–water partition coefficient (Wildman–Crippen LogP) is 2.99. The fourth-order valence-electron chi connectivity index (χ4n) is 5.30. The van der Waals surface area contributed by atoms with Crippen LogP contribution in [0.1, 0.15) is 51.0 Å². The molecule has 10 nitrogen and oxygen atoms in total. The van der Waals surface area contributed by atoms with Gasteiger partial charge in [0.05, 0.1) is 36.2 Å². The number of aromatic nitrogens is 4. The van der Waals surface area contributed by atoms with Crippen molar-refractivity contribution >= 4 is 32.6 Å². The molecule has 1 saturated carbocycles. The highest BCUT2D eigenvalue weighted by atomic mass is 32.2. The van der Waals surface area contributed by atoms with Crippen LogP contribution in [0.15, 0.2) is 23.4 Å². The van der Waals surface area contributed by atoms with E-state index in [4.69, 9.17) is 4.74 Å². The average Bonchev–Trinajstić information content (AvgIpc) is 3.22. The number of sulfonamides is 1. The molecular formula is C23H28F2N6O4S2. The van der Waals surface area contributed by atoms with Crippen molar-refractivity contribution in [1.29, 1.82) is 0 Å². The minimum atomic E-state index is -3.87. The van der Waals surface area contributed by atoms with Crippen LogP contribution in [0.3, 0.4) is 0 Å². The van der Waals surface area contributed by atoms with Gasteiger partial charge in [0, 0.05) is 30.2 Å². The number of nitrogens with one attached hydrogen (secondary N) is 1. The summed E-state index contributed by atoms with van der Waals surface area (Å²) in [6.45, 7) is 5.41. The lowest BCUT2D eigenvalue weighted by molar-refractivity contribution is 0.0250. The summed E-state index contributed by atoms with van der Waals surface area (Å²) >= 11 is 0.725. The Morgan fingerprint density at radius 2 is 1.97 bits per heavy atom. The molecule has 2 atom stereocenters. The number of nitrogens with zero attached hydrogens (tertiary/aromatic N) is 5. The minimum absolute atomic E-state index is 0.0547. The van der Waals surface area contributed by atoms with Crippen LogP contribution in [0.25, 0.3) is 16.3 Å². The lowest BCUT2D eigenvalue weighted by Gasteiger charge is -2.41. The SMILES string of the molecule is C[C@@H]1OCC2(CCN(c3cc(S(=O)(=O)NC4(C)CC4)cn4c(-c5nnc(C(F)F)s5)ncc34)CC2)[C@H]1O. The van der Waals surface area contributed by atoms with Crippen LogP contribution in [0.2, 0.25) is 0 Å². The largest absolute Gasteiger partial charge is 0.390 e. The van der Waals surface area contributed by atoms with Crippen molar-refractivity contribution in [2.45, 2.75) is 68.6 Å². The van der Waals surface area contributed by atoms with Gasteiger partial charge in [-0.1, -0.05) is 11.3 Å². The van der Waals surface area contributed by atoms with Gasteiger partial charge in [-0.05, 0) is 45.6 Å². The van der Waals surface area contributed by atoms with E-state index in [9.17, 15) is 22.3 Å². The predicted molar refractivity (Wildman–Crippen MR) is 132 cm³/mol. The zero-order valence-corrected chi connectivity index (χ0v) is 22.0. The number of hydrogen-bond donors (Lipinski definition) is 2. The van der Waals surface area contributed by atoms with Crippen LogP contribution in [0.5, 0.6) is 0 Å². The van der Waals surface area contributed by atoms with Crippen LogP contribution < -0.4 is 9.62 Å². The summed E-state index contributed by atoms with van der Waals surface area (Å²) in [6.07, 6.45) is 2.43. The second-order valence-corrected chi connectivity index (χ2v) is 13.3. The van der Waals surface area contributed by atoms with Crippen LogP contribution in [-0.4, -0.2) is 70.5 Å². The zero-order valence-electron chi connectivity index (χ0n) is 20.4. The maximum Gasteiger partial charge on any atom is 0.291 e. The molecule has 1 aliphatic carbocycles. The number of halogens is 2. The Morgan fingerprint density at radius 3 is 2.57 bits per heavy atom. The molecule has 14 heteroatoms. The normalized spacial score (nSPS) is 25.0. The van der Waals surface area contributed by atoms with Gasteiger partial charge in [0.2, 0.25) is 10.0 Å². The quantitative estimate of drug-likeness (QED) is 0.477. The molecule has 200 valence electrons. The third-order valence-corrected chi connectivity index (χ3v) is 10.4. The van der Waals surface area contributed by atoms with Gasteiger partial charge in [-0.3, -0.25) is 4.40 Å². The van der Waals surface area contributed by atoms with E-state index >= 15 is 0 Å². The maximum absolute atomic E-state index is 13.4. The van der Waals surface area contributed by atoms with Gasteiger partial charge in [-0.25, -0.2) is 26.9 Å². The third-order valence-electron chi connectivity index (χ3n) is 7.91. The Balaban J connectivity index is 1.42. The van der Waals surface area contributed by atoms with E-state index in [1.807, 2.05) is 13.8 Å². The minimum Gasteiger partial charge on any atom is -0.390 e.